The van der Waals surface area contributed by atoms with Gasteiger partial charge in [0.25, 0.3) is 0 Å². The summed E-state index contributed by atoms with van der Waals surface area (Å²) < 4.78 is 2.22. The molecule has 3 rings (SSSR count). The van der Waals surface area contributed by atoms with Gasteiger partial charge in [0.15, 0.2) is 11.6 Å². The fourth-order valence-corrected chi connectivity index (χ4v) is 2.67. The minimum absolute atomic E-state index is 0.119. The van der Waals surface area contributed by atoms with Crippen molar-refractivity contribution in [3.8, 4) is 11.4 Å². The van der Waals surface area contributed by atoms with Gasteiger partial charge in [-0.2, -0.15) is 0 Å². The molecule has 1 N–H and O–H groups in total. The molecule has 0 radical (unpaired) electrons. The summed E-state index contributed by atoms with van der Waals surface area (Å²) in [6.45, 7) is 10.5. The lowest BCUT2D eigenvalue weighted by Gasteiger charge is -2.34. The molecular formula is C15H21N5. The normalized spacial score (nSPS) is 18.9. The highest BCUT2D eigenvalue weighted by molar-refractivity contribution is 5.54. The summed E-state index contributed by atoms with van der Waals surface area (Å²) in [5.41, 5.74) is 2.17. The van der Waals surface area contributed by atoms with Crippen LogP contribution >= 0.6 is 0 Å². The van der Waals surface area contributed by atoms with E-state index in [2.05, 4.69) is 51.9 Å². The molecule has 1 unspecified atom stereocenters. The first-order chi connectivity index (χ1) is 9.47. The Labute approximate surface area is 119 Å². The number of aryl methyl sites for hydroxylation is 1. The standard InChI is InChI=1S/C15H21N5/c1-10-5-6-11(9-17-10)13-18-19-14-12(15(2,3)4)16-7-8-20(13)14/h5-6,9,12,16H,7-8H2,1-4H3. The molecule has 5 nitrogen and oxygen atoms in total. The van der Waals surface area contributed by atoms with Gasteiger partial charge in [-0.05, 0) is 24.5 Å². The van der Waals surface area contributed by atoms with Crippen LogP contribution in [0.1, 0.15) is 38.3 Å². The van der Waals surface area contributed by atoms with Gasteiger partial charge in [0, 0.05) is 30.5 Å². The quantitative estimate of drug-likeness (QED) is 0.865. The van der Waals surface area contributed by atoms with E-state index >= 15 is 0 Å². The molecule has 106 valence electrons. The molecule has 0 saturated carbocycles. The number of hydrogen-bond acceptors (Lipinski definition) is 4. The average Bonchev–Trinajstić information content (AvgIpc) is 2.82. The molecule has 2 aromatic rings. The summed E-state index contributed by atoms with van der Waals surface area (Å²) >= 11 is 0. The predicted octanol–water partition coefficient (Wildman–Crippen LogP) is 2.34. The van der Waals surface area contributed by atoms with E-state index in [0.717, 1.165) is 36.0 Å². The summed E-state index contributed by atoms with van der Waals surface area (Å²) in [5.74, 6) is 1.95. The van der Waals surface area contributed by atoms with Gasteiger partial charge in [-0.25, -0.2) is 0 Å². The van der Waals surface area contributed by atoms with E-state index in [-0.39, 0.29) is 11.5 Å². The number of nitrogens with one attached hydrogen (secondary N) is 1. The molecule has 0 saturated heterocycles. The van der Waals surface area contributed by atoms with Crippen LogP contribution in [0.2, 0.25) is 0 Å². The van der Waals surface area contributed by atoms with Crippen molar-refractivity contribution in [1.29, 1.82) is 0 Å². The van der Waals surface area contributed by atoms with E-state index in [1.54, 1.807) is 0 Å². The molecule has 0 amide bonds. The minimum Gasteiger partial charge on any atom is -0.308 e. The molecule has 0 fully saturated rings. The average molecular weight is 271 g/mol. The predicted molar refractivity (Wildman–Crippen MR) is 78.2 cm³/mol. The summed E-state index contributed by atoms with van der Waals surface area (Å²) in [6.07, 6.45) is 1.88. The molecule has 1 aliphatic heterocycles. The fraction of sp³-hybridized carbons (Fsp3) is 0.533. The van der Waals surface area contributed by atoms with Gasteiger partial charge in [0.2, 0.25) is 0 Å². The van der Waals surface area contributed by atoms with Gasteiger partial charge in [-0.3, -0.25) is 4.98 Å². The molecule has 0 bridgehead atoms. The summed E-state index contributed by atoms with van der Waals surface area (Å²) in [6, 6.07) is 4.31. The van der Waals surface area contributed by atoms with Crippen LogP contribution in [0.15, 0.2) is 18.3 Å². The zero-order chi connectivity index (χ0) is 14.3. The van der Waals surface area contributed by atoms with Crippen molar-refractivity contribution in [3.05, 3.63) is 29.8 Å². The summed E-state index contributed by atoms with van der Waals surface area (Å²) in [4.78, 5) is 4.36. The summed E-state index contributed by atoms with van der Waals surface area (Å²) in [5, 5.41) is 12.4. The number of nitrogens with zero attached hydrogens (tertiary/aromatic N) is 4. The molecule has 0 aromatic carbocycles. The third kappa shape index (κ3) is 2.22. The Hall–Kier alpha value is -1.75. The van der Waals surface area contributed by atoms with Gasteiger partial charge in [-0.1, -0.05) is 20.8 Å². The van der Waals surface area contributed by atoms with Crippen molar-refractivity contribution >= 4 is 0 Å². The van der Waals surface area contributed by atoms with Gasteiger partial charge in [-0.15, -0.1) is 10.2 Å². The topological polar surface area (TPSA) is 55.6 Å². The van der Waals surface area contributed by atoms with Crippen molar-refractivity contribution in [2.45, 2.75) is 40.3 Å². The van der Waals surface area contributed by atoms with E-state index in [0.29, 0.717) is 0 Å². The maximum Gasteiger partial charge on any atom is 0.165 e. The van der Waals surface area contributed by atoms with Crippen LogP contribution in [0.4, 0.5) is 0 Å². The maximum atomic E-state index is 4.43. The molecular weight excluding hydrogens is 250 g/mol. The van der Waals surface area contributed by atoms with Crippen molar-refractivity contribution in [1.82, 2.24) is 25.1 Å². The van der Waals surface area contributed by atoms with Crippen LogP contribution in [0, 0.1) is 12.3 Å². The van der Waals surface area contributed by atoms with Crippen molar-refractivity contribution in [2.75, 3.05) is 6.54 Å². The second kappa shape index (κ2) is 4.66. The maximum absolute atomic E-state index is 4.43. The Kier molecular flexibility index (Phi) is 3.09. The lowest BCUT2D eigenvalue weighted by Crippen LogP contribution is -2.40. The van der Waals surface area contributed by atoms with E-state index in [4.69, 9.17) is 0 Å². The molecule has 1 atom stereocenters. The van der Waals surface area contributed by atoms with E-state index < -0.39 is 0 Å². The second-order valence-corrected chi connectivity index (χ2v) is 6.47. The van der Waals surface area contributed by atoms with Gasteiger partial charge < -0.3 is 9.88 Å². The Balaban J connectivity index is 2.04. The Morgan fingerprint density at radius 1 is 1.25 bits per heavy atom. The van der Waals surface area contributed by atoms with Crippen molar-refractivity contribution in [2.24, 2.45) is 5.41 Å². The number of fused-ring (bicyclic) bond motifs is 1. The van der Waals surface area contributed by atoms with Crippen LogP contribution in [0.3, 0.4) is 0 Å². The largest absolute Gasteiger partial charge is 0.308 e. The van der Waals surface area contributed by atoms with Crippen LogP contribution in [0.5, 0.6) is 0 Å². The third-order valence-corrected chi connectivity index (χ3v) is 3.76. The van der Waals surface area contributed by atoms with E-state index in [1.807, 2.05) is 19.2 Å². The molecule has 5 heteroatoms. The molecule has 0 spiro atoms. The first-order valence-corrected chi connectivity index (χ1v) is 7.06. The lowest BCUT2D eigenvalue weighted by molar-refractivity contribution is 0.234. The first kappa shape index (κ1) is 13.2. The van der Waals surface area contributed by atoms with Gasteiger partial charge in [0.05, 0.1) is 6.04 Å². The number of rotatable bonds is 1. The Bertz CT molecular complexity index is 606. The zero-order valence-corrected chi connectivity index (χ0v) is 12.5. The Morgan fingerprint density at radius 3 is 2.70 bits per heavy atom. The van der Waals surface area contributed by atoms with Crippen LogP contribution in [0.25, 0.3) is 11.4 Å². The third-order valence-electron chi connectivity index (χ3n) is 3.76. The molecule has 1 aliphatic rings. The second-order valence-electron chi connectivity index (χ2n) is 6.47. The molecule has 0 aliphatic carbocycles. The van der Waals surface area contributed by atoms with Crippen molar-refractivity contribution < 1.29 is 0 Å². The smallest absolute Gasteiger partial charge is 0.165 e. The number of hydrogen-bond donors (Lipinski definition) is 1. The van der Waals surface area contributed by atoms with Crippen molar-refractivity contribution in [3.63, 3.8) is 0 Å². The highest BCUT2D eigenvalue weighted by atomic mass is 15.3. The molecule has 3 heterocycles. The minimum atomic E-state index is 0.119. The van der Waals surface area contributed by atoms with Crippen LogP contribution in [-0.4, -0.2) is 26.3 Å². The van der Waals surface area contributed by atoms with Crippen LogP contribution in [-0.2, 0) is 6.54 Å². The Morgan fingerprint density at radius 2 is 2.05 bits per heavy atom. The lowest BCUT2D eigenvalue weighted by atomic mass is 9.85. The van der Waals surface area contributed by atoms with Gasteiger partial charge >= 0.3 is 0 Å². The number of aromatic nitrogens is 4. The highest BCUT2D eigenvalue weighted by Gasteiger charge is 2.33. The van der Waals surface area contributed by atoms with Gasteiger partial charge in [0.1, 0.15) is 0 Å². The molecule has 20 heavy (non-hydrogen) atoms. The fourth-order valence-electron chi connectivity index (χ4n) is 2.67. The van der Waals surface area contributed by atoms with E-state index in [9.17, 15) is 0 Å². The first-order valence-electron chi connectivity index (χ1n) is 7.06. The SMILES string of the molecule is Cc1ccc(-c2nnc3n2CCNC3C(C)(C)C)cn1. The highest BCUT2D eigenvalue weighted by Crippen LogP contribution is 2.34. The van der Waals surface area contributed by atoms with E-state index in [1.165, 1.54) is 0 Å². The molecule has 2 aromatic heterocycles. The van der Waals surface area contributed by atoms with Crippen LogP contribution < -0.4 is 5.32 Å². The zero-order valence-electron chi connectivity index (χ0n) is 12.5. The monoisotopic (exact) mass is 271 g/mol. The summed E-state index contributed by atoms with van der Waals surface area (Å²) in [7, 11) is 0. The number of pyridine rings is 1.